The summed E-state index contributed by atoms with van der Waals surface area (Å²) >= 11 is 0. The first-order valence-corrected chi connectivity index (χ1v) is 7.29. The van der Waals surface area contributed by atoms with Crippen molar-refractivity contribution < 1.29 is 23.1 Å². The molecule has 5 nitrogen and oxygen atoms in total. The molecule has 1 amide bonds. The zero-order chi connectivity index (χ0) is 16.4. The van der Waals surface area contributed by atoms with Gasteiger partial charge in [0.25, 0.3) is 0 Å². The minimum absolute atomic E-state index is 0.000245. The minimum atomic E-state index is -4.45. The van der Waals surface area contributed by atoms with Gasteiger partial charge in [0.15, 0.2) is 0 Å². The molecule has 0 radical (unpaired) electrons. The van der Waals surface area contributed by atoms with Crippen LogP contribution in [0.15, 0.2) is 6.20 Å². The van der Waals surface area contributed by atoms with E-state index in [1.807, 2.05) is 6.92 Å². The minimum Gasteiger partial charge on any atom is -0.395 e. The molecule has 22 heavy (non-hydrogen) atoms. The molecule has 0 unspecified atom stereocenters. The van der Waals surface area contributed by atoms with Gasteiger partial charge in [0.2, 0.25) is 5.91 Å². The number of carbonyl (C=O) groups excluding carboxylic acids is 1. The van der Waals surface area contributed by atoms with E-state index < -0.39 is 18.2 Å². The normalized spacial score (nSPS) is 18.5. The molecule has 2 N–H and O–H groups in total. The SMILES string of the molecule is CCc1cnc(CC(=O)N2CCC(CO)(C(F)(F)F)CC2)[nH]1. The van der Waals surface area contributed by atoms with Gasteiger partial charge in [-0.1, -0.05) is 6.92 Å². The summed E-state index contributed by atoms with van der Waals surface area (Å²) in [5.41, 5.74) is -1.16. The average Bonchev–Trinajstić information content (AvgIpc) is 2.93. The smallest absolute Gasteiger partial charge is 0.395 e. The molecule has 0 aliphatic carbocycles. The number of piperidine rings is 1. The van der Waals surface area contributed by atoms with Gasteiger partial charge >= 0.3 is 6.18 Å². The molecule has 2 heterocycles. The van der Waals surface area contributed by atoms with Crippen molar-refractivity contribution in [1.29, 1.82) is 0 Å². The first-order chi connectivity index (χ1) is 10.3. The zero-order valence-electron chi connectivity index (χ0n) is 12.4. The Morgan fingerprint density at radius 1 is 1.45 bits per heavy atom. The summed E-state index contributed by atoms with van der Waals surface area (Å²) in [4.78, 5) is 20.6. The Kier molecular flexibility index (Phi) is 4.79. The van der Waals surface area contributed by atoms with E-state index in [1.54, 1.807) is 6.20 Å². The molecule has 124 valence electrons. The molecule has 0 aromatic carbocycles. The molecule has 2 rings (SSSR count). The number of likely N-dealkylation sites (tertiary alicyclic amines) is 1. The number of hydrogen-bond acceptors (Lipinski definition) is 3. The fraction of sp³-hybridized carbons (Fsp3) is 0.714. The topological polar surface area (TPSA) is 69.2 Å². The second-order valence-electron chi connectivity index (χ2n) is 5.70. The Balaban J connectivity index is 1.94. The van der Waals surface area contributed by atoms with Crippen molar-refractivity contribution >= 4 is 5.91 Å². The van der Waals surface area contributed by atoms with Gasteiger partial charge in [-0.2, -0.15) is 13.2 Å². The van der Waals surface area contributed by atoms with E-state index >= 15 is 0 Å². The Morgan fingerprint density at radius 2 is 2.09 bits per heavy atom. The molecular formula is C14H20F3N3O2. The highest BCUT2D eigenvalue weighted by molar-refractivity contribution is 5.78. The summed E-state index contributed by atoms with van der Waals surface area (Å²) in [6.07, 6.45) is -2.50. The number of hydrogen-bond donors (Lipinski definition) is 2. The first-order valence-electron chi connectivity index (χ1n) is 7.29. The van der Waals surface area contributed by atoms with E-state index in [-0.39, 0.29) is 38.3 Å². The third-order valence-electron chi connectivity index (χ3n) is 4.36. The average molecular weight is 319 g/mol. The summed E-state index contributed by atoms with van der Waals surface area (Å²) in [5, 5.41) is 9.13. The number of aryl methyl sites for hydroxylation is 1. The third-order valence-corrected chi connectivity index (χ3v) is 4.36. The van der Waals surface area contributed by atoms with E-state index in [2.05, 4.69) is 9.97 Å². The number of nitrogens with zero attached hydrogens (tertiary/aromatic N) is 2. The fourth-order valence-corrected chi connectivity index (χ4v) is 2.65. The maximum absolute atomic E-state index is 13.0. The lowest BCUT2D eigenvalue weighted by Gasteiger charge is -2.41. The van der Waals surface area contributed by atoms with Crippen LogP contribution in [0.4, 0.5) is 13.2 Å². The molecule has 0 saturated carbocycles. The lowest BCUT2D eigenvalue weighted by molar-refractivity contribution is -0.248. The highest BCUT2D eigenvalue weighted by Gasteiger charge is 2.55. The summed E-state index contributed by atoms with van der Waals surface area (Å²) < 4.78 is 39.1. The van der Waals surface area contributed by atoms with Crippen LogP contribution in [0.25, 0.3) is 0 Å². The van der Waals surface area contributed by atoms with E-state index in [0.29, 0.717) is 5.82 Å². The van der Waals surface area contributed by atoms with E-state index in [1.165, 1.54) is 4.90 Å². The second-order valence-corrected chi connectivity index (χ2v) is 5.70. The first kappa shape index (κ1) is 16.8. The Labute approximate surface area is 126 Å². The van der Waals surface area contributed by atoms with Crippen molar-refractivity contribution in [3.8, 4) is 0 Å². The predicted molar refractivity (Wildman–Crippen MR) is 73.1 cm³/mol. The Bertz CT molecular complexity index is 520. The highest BCUT2D eigenvalue weighted by Crippen LogP contribution is 2.45. The van der Waals surface area contributed by atoms with Crippen molar-refractivity contribution in [2.75, 3.05) is 19.7 Å². The van der Waals surface area contributed by atoms with Crippen LogP contribution < -0.4 is 0 Å². The number of aliphatic hydroxyl groups is 1. The number of aliphatic hydroxyl groups excluding tert-OH is 1. The molecule has 1 aliphatic heterocycles. The molecule has 1 aromatic heterocycles. The summed E-state index contributed by atoms with van der Waals surface area (Å²) in [6.45, 7) is 1.02. The molecule has 0 atom stereocenters. The van der Waals surface area contributed by atoms with E-state index in [0.717, 1.165) is 12.1 Å². The number of rotatable bonds is 4. The van der Waals surface area contributed by atoms with Crippen molar-refractivity contribution in [2.24, 2.45) is 5.41 Å². The zero-order valence-corrected chi connectivity index (χ0v) is 12.4. The second kappa shape index (κ2) is 6.28. The number of H-pyrrole nitrogens is 1. The molecule has 1 aromatic rings. The van der Waals surface area contributed by atoms with Crippen LogP contribution in [0.3, 0.4) is 0 Å². The lowest BCUT2D eigenvalue weighted by Crippen LogP contribution is -2.51. The number of aromatic amines is 1. The third kappa shape index (κ3) is 3.26. The van der Waals surface area contributed by atoms with Crippen LogP contribution in [0.2, 0.25) is 0 Å². The van der Waals surface area contributed by atoms with Crippen LogP contribution in [-0.2, 0) is 17.6 Å². The maximum atomic E-state index is 13.0. The number of amides is 1. The van der Waals surface area contributed by atoms with Crippen molar-refractivity contribution in [2.45, 2.75) is 38.8 Å². The summed E-state index contributed by atoms with van der Waals surface area (Å²) in [7, 11) is 0. The van der Waals surface area contributed by atoms with Gasteiger partial charge in [0.1, 0.15) is 5.82 Å². The quantitative estimate of drug-likeness (QED) is 0.887. The number of nitrogens with one attached hydrogen (secondary N) is 1. The Hall–Kier alpha value is -1.57. The predicted octanol–water partition coefficient (Wildman–Crippen LogP) is 1.68. The molecule has 1 fully saturated rings. The van der Waals surface area contributed by atoms with Crippen LogP contribution in [-0.4, -0.2) is 51.8 Å². The maximum Gasteiger partial charge on any atom is 0.396 e. The molecular weight excluding hydrogens is 299 g/mol. The van der Waals surface area contributed by atoms with E-state index in [9.17, 15) is 18.0 Å². The number of imidazole rings is 1. The standard InChI is InChI=1S/C14H20F3N3O2/c1-2-10-8-18-11(19-10)7-12(22)20-5-3-13(9-21,4-6-20)14(15,16)17/h8,21H,2-7,9H2,1H3,(H,18,19). The summed E-state index contributed by atoms with van der Waals surface area (Å²) in [6, 6.07) is 0. The van der Waals surface area contributed by atoms with E-state index in [4.69, 9.17) is 5.11 Å². The van der Waals surface area contributed by atoms with Crippen LogP contribution in [0, 0.1) is 5.41 Å². The lowest BCUT2D eigenvalue weighted by atomic mass is 9.78. The molecule has 0 spiro atoms. The fourth-order valence-electron chi connectivity index (χ4n) is 2.65. The Morgan fingerprint density at radius 3 is 2.55 bits per heavy atom. The highest BCUT2D eigenvalue weighted by atomic mass is 19.4. The van der Waals surface area contributed by atoms with Crippen LogP contribution in [0.1, 0.15) is 31.3 Å². The number of carbonyl (C=O) groups is 1. The van der Waals surface area contributed by atoms with Crippen LogP contribution in [0.5, 0.6) is 0 Å². The van der Waals surface area contributed by atoms with Gasteiger partial charge in [-0.3, -0.25) is 4.79 Å². The molecule has 1 aliphatic rings. The van der Waals surface area contributed by atoms with Crippen LogP contribution >= 0.6 is 0 Å². The molecule has 0 bridgehead atoms. The van der Waals surface area contributed by atoms with Crippen molar-refractivity contribution in [3.05, 3.63) is 17.7 Å². The number of alkyl halides is 3. The largest absolute Gasteiger partial charge is 0.396 e. The number of aromatic nitrogens is 2. The van der Waals surface area contributed by atoms with Gasteiger partial charge in [-0.25, -0.2) is 4.98 Å². The van der Waals surface area contributed by atoms with Gasteiger partial charge < -0.3 is 15.0 Å². The van der Waals surface area contributed by atoms with Gasteiger partial charge in [0.05, 0.1) is 18.4 Å². The van der Waals surface area contributed by atoms with Gasteiger partial charge in [0, 0.05) is 25.0 Å². The van der Waals surface area contributed by atoms with Gasteiger partial charge in [-0.05, 0) is 19.3 Å². The van der Waals surface area contributed by atoms with Crippen molar-refractivity contribution in [3.63, 3.8) is 0 Å². The summed E-state index contributed by atoms with van der Waals surface area (Å²) in [5.74, 6) is 0.280. The number of halogens is 3. The van der Waals surface area contributed by atoms with Gasteiger partial charge in [-0.15, -0.1) is 0 Å². The van der Waals surface area contributed by atoms with Crippen molar-refractivity contribution in [1.82, 2.24) is 14.9 Å². The molecule has 1 saturated heterocycles. The monoisotopic (exact) mass is 319 g/mol. The molecule has 8 heteroatoms.